The maximum absolute atomic E-state index is 5.29. The predicted octanol–water partition coefficient (Wildman–Crippen LogP) is 2.74. The van der Waals surface area contributed by atoms with E-state index in [0.717, 1.165) is 17.0 Å². The fourth-order valence-electron chi connectivity index (χ4n) is 1.21. The van der Waals surface area contributed by atoms with Crippen LogP contribution in [0.5, 0.6) is 5.75 Å². The van der Waals surface area contributed by atoms with Crippen LogP contribution in [0.1, 0.15) is 6.92 Å². The van der Waals surface area contributed by atoms with Gasteiger partial charge >= 0.3 is 0 Å². The molecule has 14 heavy (non-hydrogen) atoms. The molecule has 0 radical (unpaired) electrons. The van der Waals surface area contributed by atoms with E-state index in [0.29, 0.717) is 6.61 Å². The van der Waals surface area contributed by atoms with Crippen molar-refractivity contribution in [3.63, 3.8) is 0 Å². The SMILES string of the molecule is CCOc1ccc(-c2ccoc2)nc1. The minimum absolute atomic E-state index is 0.659. The molecule has 2 heterocycles. The Morgan fingerprint density at radius 2 is 2.29 bits per heavy atom. The van der Waals surface area contributed by atoms with Crippen molar-refractivity contribution in [3.8, 4) is 17.0 Å². The van der Waals surface area contributed by atoms with Crippen LogP contribution in [0.3, 0.4) is 0 Å². The van der Waals surface area contributed by atoms with Gasteiger partial charge in [-0.15, -0.1) is 0 Å². The molecule has 0 amide bonds. The fraction of sp³-hybridized carbons (Fsp3) is 0.182. The normalized spacial score (nSPS) is 10.1. The van der Waals surface area contributed by atoms with E-state index in [4.69, 9.17) is 9.15 Å². The monoisotopic (exact) mass is 189 g/mol. The van der Waals surface area contributed by atoms with Crippen LogP contribution >= 0.6 is 0 Å². The molecule has 72 valence electrons. The third-order valence-corrected chi connectivity index (χ3v) is 1.86. The number of nitrogens with zero attached hydrogens (tertiary/aromatic N) is 1. The molecule has 0 fully saturated rings. The highest BCUT2D eigenvalue weighted by Crippen LogP contribution is 2.19. The minimum Gasteiger partial charge on any atom is -0.492 e. The molecule has 0 aliphatic carbocycles. The van der Waals surface area contributed by atoms with E-state index in [1.54, 1.807) is 18.7 Å². The van der Waals surface area contributed by atoms with Crippen molar-refractivity contribution in [3.05, 3.63) is 36.9 Å². The van der Waals surface area contributed by atoms with Crippen LogP contribution < -0.4 is 4.74 Å². The molecule has 0 unspecified atom stereocenters. The van der Waals surface area contributed by atoms with Gasteiger partial charge in [-0.1, -0.05) is 0 Å². The van der Waals surface area contributed by atoms with Gasteiger partial charge < -0.3 is 9.15 Å². The number of hydrogen-bond acceptors (Lipinski definition) is 3. The summed E-state index contributed by atoms with van der Waals surface area (Å²) >= 11 is 0. The molecule has 2 aromatic heterocycles. The van der Waals surface area contributed by atoms with Gasteiger partial charge in [0.15, 0.2) is 0 Å². The number of pyridine rings is 1. The first-order chi connectivity index (χ1) is 6.90. The molecule has 0 saturated heterocycles. The van der Waals surface area contributed by atoms with Gasteiger partial charge in [0, 0.05) is 5.56 Å². The van der Waals surface area contributed by atoms with Crippen LogP contribution in [-0.4, -0.2) is 11.6 Å². The molecule has 0 N–H and O–H groups in total. The van der Waals surface area contributed by atoms with E-state index in [1.165, 1.54) is 0 Å². The van der Waals surface area contributed by atoms with Gasteiger partial charge in [-0.25, -0.2) is 0 Å². The number of aromatic nitrogens is 1. The fourth-order valence-corrected chi connectivity index (χ4v) is 1.21. The number of hydrogen-bond donors (Lipinski definition) is 0. The molecule has 0 aromatic carbocycles. The highest BCUT2D eigenvalue weighted by molar-refractivity contribution is 5.57. The minimum atomic E-state index is 0.659. The summed E-state index contributed by atoms with van der Waals surface area (Å²) in [6.07, 6.45) is 5.02. The van der Waals surface area contributed by atoms with E-state index < -0.39 is 0 Å². The summed E-state index contributed by atoms with van der Waals surface area (Å²) in [5, 5.41) is 0. The van der Waals surface area contributed by atoms with E-state index in [-0.39, 0.29) is 0 Å². The molecule has 0 aliphatic rings. The molecule has 0 atom stereocenters. The first-order valence-electron chi connectivity index (χ1n) is 4.51. The Morgan fingerprint density at radius 3 is 2.86 bits per heavy atom. The molecule has 2 aromatic rings. The van der Waals surface area contributed by atoms with Crippen LogP contribution in [0.15, 0.2) is 41.3 Å². The Labute approximate surface area is 82.3 Å². The molecule has 2 rings (SSSR count). The first kappa shape index (κ1) is 8.81. The summed E-state index contributed by atoms with van der Waals surface area (Å²) in [6, 6.07) is 5.69. The van der Waals surface area contributed by atoms with Gasteiger partial charge in [-0.05, 0) is 25.1 Å². The summed E-state index contributed by atoms with van der Waals surface area (Å²) in [4.78, 5) is 4.25. The maximum atomic E-state index is 5.29. The van der Waals surface area contributed by atoms with E-state index in [9.17, 15) is 0 Å². The van der Waals surface area contributed by atoms with E-state index in [1.807, 2.05) is 25.1 Å². The summed E-state index contributed by atoms with van der Waals surface area (Å²) in [5.41, 5.74) is 1.87. The van der Waals surface area contributed by atoms with Crippen LogP contribution in [0.4, 0.5) is 0 Å². The summed E-state index contributed by atoms with van der Waals surface area (Å²) in [5.74, 6) is 0.791. The van der Waals surface area contributed by atoms with Crippen molar-refractivity contribution < 1.29 is 9.15 Å². The average Bonchev–Trinajstić information content (AvgIpc) is 2.72. The van der Waals surface area contributed by atoms with Gasteiger partial charge in [0.05, 0.1) is 31.0 Å². The third-order valence-electron chi connectivity index (χ3n) is 1.86. The topological polar surface area (TPSA) is 35.3 Å². The third kappa shape index (κ3) is 1.76. The molecule has 0 bridgehead atoms. The second-order valence-corrected chi connectivity index (χ2v) is 2.82. The average molecular weight is 189 g/mol. The Balaban J connectivity index is 2.22. The van der Waals surface area contributed by atoms with Gasteiger partial charge in [0.1, 0.15) is 5.75 Å². The summed E-state index contributed by atoms with van der Waals surface area (Å²) in [7, 11) is 0. The smallest absolute Gasteiger partial charge is 0.137 e. The molecule has 0 saturated carbocycles. The van der Waals surface area contributed by atoms with Crippen LogP contribution in [0.2, 0.25) is 0 Å². The Morgan fingerprint density at radius 1 is 1.36 bits per heavy atom. The highest BCUT2D eigenvalue weighted by Gasteiger charge is 2.00. The standard InChI is InChI=1S/C11H11NO2/c1-2-14-10-3-4-11(12-7-10)9-5-6-13-8-9/h3-8H,2H2,1H3. The van der Waals surface area contributed by atoms with E-state index in [2.05, 4.69) is 4.98 Å². The Hall–Kier alpha value is -1.77. The summed E-state index contributed by atoms with van der Waals surface area (Å²) in [6.45, 7) is 2.61. The largest absolute Gasteiger partial charge is 0.492 e. The second-order valence-electron chi connectivity index (χ2n) is 2.82. The molecular weight excluding hydrogens is 178 g/mol. The molecule has 3 heteroatoms. The Kier molecular flexibility index (Phi) is 2.49. The van der Waals surface area contributed by atoms with Crippen LogP contribution in [-0.2, 0) is 0 Å². The number of rotatable bonds is 3. The van der Waals surface area contributed by atoms with Gasteiger partial charge in [0.2, 0.25) is 0 Å². The lowest BCUT2D eigenvalue weighted by Gasteiger charge is -2.02. The van der Waals surface area contributed by atoms with Crippen molar-refractivity contribution in [2.45, 2.75) is 6.92 Å². The molecule has 3 nitrogen and oxygen atoms in total. The predicted molar refractivity (Wildman–Crippen MR) is 53.1 cm³/mol. The maximum Gasteiger partial charge on any atom is 0.137 e. The van der Waals surface area contributed by atoms with Gasteiger partial charge in [0.25, 0.3) is 0 Å². The lowest BCUT2D eigenvalue weighted by Crippen LogP contribution is -1.92. The van der Waals surface area contributed by atoms with Crippen molar-refractivity contribution in [2.24, 2.45) is 0 Å². The quantitative estimate of drug-likeness (QED) is 0.744. The highest BCUT2D eigenvalue weighted by atomic mass is 16.5. The van der Waals surface area contributed by atoms with Gasteiger partial charge in [-0.2, -0.15) is 0 Å². The van der Waals surface area contributed by atoms with Crippen molar-refractivity contribution in [1.82, 2.24) is 4.98 Å². The zero-order chi connectivity index (χ0) is 9.80. The van der Waals surface area contributed by atoms with Crippen LogP contribution in [0, 0.1) is 0 Å². The number of furan rings is 1. The van der Waals surface area contributed by atoms with E-state index >= 15 is 0 Å². The van der Waals surface area contributed by atoms with Crippen molar-refractivity contribution in [1.29, 1.82) is 0 Å². The second kappa shape index (κ2) is 3.96. The first-order valence-corrected chi connectivity index (χ1v) is 4.51. The number of ether oxygens (including phenoxy) is 1. The van der Waals surface area contributed by atoms with Crippen molar-refractivity contribution >= 4 is 0 Å². The lowest BCUT2D eigenvalue weighted by atomic mass is 10.2. The zero-order valence-corrected chi connectivity index (χ0v) is 7.93. The molecular formula is C11H11NO2. The van der Waals surface area contributed by atoms with Crippen molar-refractivity contribution in [2.75, 3.05) is 6.61 Å². The summed E-state index contributed by atoms with van der Waals surface area (Å²) < 4.78 is 10.3. The zero-order valence-electron chi connectivity index (χ0n) is 7.93. The Bertz CT molecular complexity index is 378. The molecule has 0 spiro atoms. The van der Waals surface area contributed by atoms with Crippen LogP contribution in [0.25, 0.3) is 11.3 Å². The lowest BCUT2D eigenvalue weighted by molar-refractivity contribution is 0.339. The molecule has 0 aliphatic heterocycles. The van der Waals surface area contributed by atoms with Gasteiger partial charge in [-0.3, -0.25) is 4.98 Å².